The first-order valence-corrected chi connectivity index (χ1v) is 5.62. The monoisotopic (exact) mass is 226 g/mol. The first kappa shape index (κ1) is 8.12. The van der Waals surface area contributed by atoms with Crippen molar-refractivity contribution in [2.24, 2.45) is 6.98 Å². The summed E-state index contributed by atoms with van der Waals surface area (Å²) in [5, 5.41) is 3.79. The molecule has 4 heteroatoms. The third-order valence-electron chi connectivity index (χ3n) is 3.01. The standard InChI is InChI=1S/C12H21N3O/c1-12(2,3)15-6-5-10(15)9-16-11-7-13-14(4)8-11/h7-8,10H,5-6,9H2,1-4H3/t10-/m1/s1/i4D3. The number of likely N-dealkylation sites (tertiary alicyclic amines) is 1. The molecule has 1 fully saturated rings. The van der Waals surface area contributed by atoms with E-state index in [0.717, 1.165) is 17.6 Å². The molecule has 0 N–H and O–H groups in total. The van der Waals surface area contributed by atoms with Gasteiger partial charge in [0.15, 0.2) is 5.75 Å². The highest BCUT2D eigenvalue weighted by atomic mass is 16.5. The van der Waals surface area contributed by atoms with Crippen LogP contribution in [0.4, 0.5) is 0 Å². The number of ether oxygens (including phenoxy) is 1. The maximum absolute atomic E-state index is 7.23. The molecule has 0 unspecified atom stereocenters. The van der Waals surface area contributed by atoms with Crippen molar-refractivity contribution in [1.29, 1.82) is 0 Å². The largest absolute Gasteiger partial charge is 0.489 e. The van der Waals surface area contributed by atoms with E-state index >= 15 is 0 Å². The summed E-state index contributed by atoms with van der Waals surface area (Å²) < 4.78 is 28.3. The van der Waals surface area contributed by atoms with E-state index in [4.69, 9.17) is 8.85 Å². The Hall–Kier alpha value is -1.03. The van der Waals surface area contributed by atoms with Crippen LogP contribution in [0.1, 0.15) is 31.3 Å². The Bertz CT molecular complexity index is 436. The quantitative estimate of drug-likeness (QED) is 0.785. The van der Waals surface area contributed by atoms with Crippen molar-refractivity contribution < 1.29 is 8.85 Å². The number of nitrogens with zero attached hydrogens (tertiary/aromatic N) is 3. The van der Waals surface area contributed by atoms with E-state index in [1.807, 2.05) is 0 Å². The molecule has 1 atom stereocenters. The molecule has 0 radical (unpaired) electrons. The summed E-state index contributed by atoms with van der Waals surface area (Å²) >= 11 is 0. The highest BCUT2D eigenvalue weighted by molar-refractivity contribution is 5.11. The number of hydrogen-bond acceptors (Lipinski definition) is 3. The van der Waals surface area contributed by atoms with Gasteiger partial charge in [0.1, 0.15) is 6.61 Å². The van der Waals surface area contributed by atoms with Crippen LogP contribution in [-0.4, -0.2) is 39.4 Å². The van der Waals surface area contributed by atoms with Gasteiger partial charge in [0.25, 0.3) is 0 Å². The Morgan fingerprint density at radius 1 is 1.62 bits per heavy atom. The third-order valence-corrected chi connectivity index (χ3v) is 3.01. The van der Waals surface area contributed by atoms with E-state index in [9.17, 15) is 0 Å². The molecule has 1 aromatic rings. The van der Waals surface area contributed by atoms with E-state index < -0.39 is 6.98 Å². The zero-order valence-corrected chi connectivity index (χ0v) is 10.1. The van der Waals surface area contributed by atoms with Gasteiger partial charge in [-0.05, 0) is 27.2 Å². The Balaban J connectivity index is 1.88. The number of aryl methyl sites for hydroxylation is 1. The molecule has 16 heavy (non-hydrogen) atoms. The van der Waals surface area contributed by atoms with Crippen molar-refractivity contribution in [2.75, 3.05) is 13.2 Å². The zero-order chi connectivity index (χ0) is 14.3. The average Bonchev–Trinajstić information content (AvgIpc) is 2.61. The normalized spacial score (nSPS) is 25.4. The predicted molar refractivity (Wildman–Crippen MR) is 63.6 cm³/mol. The fourth-order valence-corrected chi connectivity index (χ4v) is 2.07. The van der Waals surface area contributed by atoms with Crippen molar-refractivity contribution >= 4 is 0 Å². The second kappa shape index (κ2) is 4.09. The molecular weight excluding hydrogens is 202 g/mol. The molecule has 1 aliphatic heterocycles. The summed E-state index contributed by atoms with van der Waals surface area (Å²) in [7, 11) is 0. The molecule has 1 aliphatic rings. The van der Waals surface area contributed by atoms with Crippen LogP contribution >= 0.6 is 0 Å². The summed E-state index contributed by atoms with van der Waals surface area (Å²) in [5.74, 6) is 0.511. The van der Waals surface area contributed by atoms with E-state index in [2.05, 4.69) is 30.8 Å². The molecule has 1 saturated heterocycles. The van der Waals surface area contributed by atoms with Gasteiger partial charge in [-0.3, -0.25) is 9.58 Å². The van der Waals surface area contributed by atoms with E-state index in [-0.39, 0.29) is 5.54 Å². The Morgan fingerprint density at radius 3 is 2.94 bits per heavy atom. The van der Waals surface area contributed by atoms with E-state index in [1.165, 1.54) is 12.4 Å². The van der Waals surface area contributed by atoms with Gasteiger partial charge in [0.2, 0.25) is 0 Å². The number of rotatable bonds is 3. The maximum atomic E-state index is 7.23. The Morgan fingerprint density at radius 2 is 2.44 bits per heavy atom. The average molecular weight is 226 g/mol. The molecule has 2 rings (SSSR count). The summed E-state index contributed by atoms with van der Waals surface area (Å²) in [5.41, 5.74) is 0.148. The van der Waals surface area contributed by atoms with Gasteiger partial charge in [0, 0.05) is 29.2 Å². The van der Waals surface area contributed by atoms with E-state index in [1.54, 1.807) is 0 Å². The van der Waals surface area contributed by atoms with Crippen molar-refractivity contribution in [3.05, 3.63) is 12.4 Å². The third kappa shape index (κ3) is 2.38. The Labute approximate surface area is 101 Å². The minimum atomic E-state index is -2.24. The topological polar surface area (TPSA) is 30.3 Å². The molecule has 0 bridgehead atoms. The minimum Gasteiger partial charge on any atom is -0.489 e. The fraction of sp³-hybridized carbons (Fsp3) is 0.750. The number of aromatic nitrogens is 2. The van der Waals surface area contributed by atoms with Crippen molar-refractivity contribution in [2.45, 2.75) is 38.8 Å². The lowest BCUT2D eigenvalue weighted by Gasteiger charge is -2.49. The van der Waals surface area contributed by atoms with Crippen LogP contribution in [0, 0.1) is 0 Å². The summed E-state index contributed by atoms with van der Waals surface area (Å²) in [6.45, 7) is 5.98. The van der Waals surface area contributed by atoms with Crippen molar-refractivity contribution in [3.63, 3.8) is 0 Å². The van der Waals surface area contributed by atoms with Gasteiger partial charge in [-0.1, -0.05) is 0 Å². The molecule has 4 nitrogen and oxygen atoms in total. The van der Waals surface area contributed by atoms with Gasteiger partial charge in [-0.2, -0.15) is 5.10 Å². The smallest absolute Gasteiger partial charge is 0.157 e. The molecule has 0 amide bonds. The van der Waals surface area contributed by atoms with Crippen LogP contribution in [0.3, 0.4) is 0 Å². The minimum absolute atomic E-state index is 0.148. The van der Waals surface area contributed by atoms with Crippen LogP contribution in [0.15, 0.2) is 12.4 Å². The summed E-state index contributed by atoms with van der Waals surface area (Å²) in [6, 6.07) is 0.399. The van der Waals surface area contributed by atoms with Gasteiger partial charge in [-0.15, -0.1) is 0 Å². The van der Waals surface area contributed by atoms with Crippen LogP contribution in [0.2, 0.25) is 0 Å². The molecule has 0 aliphatic carbocycles. The van der Waals surface area contributed by atoms with Gasteiger partial charge in [-0.25, -0.2) is 0 Å². The number of hydrogen-bond donors (Lipinski definition) is 0. The van der Waals surface area contributed by atoms with E-state index in [0.29, 0.717) is 18.4 Å². The fourth-order valence-electron chi connectivity index (χ4n) is 2.07. The lowest BCUT2D eigenvalue weighted by Crippen LogP contribution is -2.59. The molecular formula is C12H21N3O. The first-order valence-electron chi connectivity index (χ1n) is 7.12. The second-order valence-electron chi connectivity index (χ2n) is 5.24. The molecule has 0 spiro atoms. The van der Waals surface area contributed by atoms with Crippen LogP contribution in [-0.2, 0) is 6.98 Å². The van der Waals surface area contributed by atoms with Crippen LogP contribution in [0.25, 0.3) is 0 Å². The first-order chi connectivity index (χ1) is 8.68. The lowest BCUT2D eigenvalue weighted by atomic mass is 9.94. The maximum Gasteiger partial charge on any atom is 0.157 e. The van der Waals surface area contributed by atoms with Crippen LogP contribution < -0.4 is 4.74 Å². The summed E-state index contributed by atoms with van der Waals surface area (Å²) in [6.07, 6.45) is 3.99. The SMILES string of the molecule is [2H]C([2H])([2H])n1cc(OC[C@H]2CCN2C(C)(C)C)cn1. The van der Waals surface area contributed by atoms with Gasteiger partial charge < -0.3 is 4.74 Å². The lowest BCUT2D eigenvalue weighted by molar-refractivity contribution is -0.0208. The molecule has 0 saturated carbocycles. The van der Waals surface area contributed by atoms with Gasteiger partial charge in [0.05, 0.1) is 12.4 Å². The Kier molecular flexibility index (Phi) is 2.08. The predicted octanol–water partition coefficient (Wildman–Crippen LogP) is 1.67. The molecule has 90 valence electrons. The van der Waals surface area contributed by atoms with Gasteiger partial charge >= 0.3 is 0 Å². The summed E-state index contributed by atoms with van der Waals surface area (Å²) in [4.78, 5) is 2.39. The molecule has 2 heterocycles. The highest BCUT2D eigenvalue weighted by Crippen LogP contribution is 2.27. The molecule has 0 aromatic carbocycles. The van der Waals surface area contributed by atoms with Crippen molar-refractivity contribution in [1.82, 2.24) is 14.7 Å². The molecule has 1 aromatic heterocycles. The van der Waals surface area contributed by atoms with Crippen LogP contribution in [0.5, 0.6) is 5.75 Å². The van der Waals surface area contributed by atoms with Crippen molar-refractivity contribution in [3.8, 4) is 5.75 Å². The highest BCUT2D eigenvalue weighted by Gasteiger charge is 2.36. The zero-order valence-electron chi connectivity index (χ0n) is 13.1. The second-order valence-corrected chi connectivity index (χ2v) is 5.24.